The van der Waals surface area contributed by atoms with Gasteiger partial charge in [0.05, 0.1) is 13.2 Å². The van der Waals surface area contributed by atoms with E-state index in [4.69, 9.17) is 14.6 Å². The first-order valence-electron chi connectivity index (χ1n) is 5.27. The maximum Gasteiger partial charge on any atom is 0.330 e. The fraction of sp³-hybridized carbons (Fsp3) is 0.308. The van der Waals surface area contributed by atoms with Crippen LogP contribution in [0.1, 0.15) is 11.1 Å². The van der Waals surface area contributed by atoms with Crippen molar-refractivity contribution in [3.05, 3.63) is 47.5 Å². The molecule has 0 aliphatic carbocycles. The molecule has 0 spiro atoms. The van der Waals surface area contributed by atoms with Gasteiger partial charge in [0.15, 0.2) is 0 Å². The van der Waals surface area contributed by atoms with E-state index in [-0.39, 0.29) is 13.2 Å². The van der Waals surface area contributed by atoms with E-state index >= 15 is 0 Å². The Hall–Kier alpha value is -1.65. The third-order valence-corrected chi connectivity index (χ3v) is 2.10. The summed E-state index contributed by atoms with van der Waals surface area (Å²) in [6.45, 7) is 0.627. The van der Waals surface area contributed by atoms with Crippen molar-refractivity contribution in [3.8, 4) is 0 Å². The number of aliphatic hydroxyl groups is 1. The summed E-state index contributed by atoms with van der Waals surface area (Å²) in [6, 6.07) is 7.23. The summed E-state index contributed by atoms with van der Waals surface area (Å²) in [7, 11) is 1.55. The molecule has 4 heteroatoms. The fourth-order valence-corrected chi connectivity index (χ4v) is 1.18. The minimum absolute atomic E-state index is 0.0137. The molecule has 1 aromatic carbocycles. The number of ether oxygens (including phenoxy) is 2. The van der Waals surface area contributed by atoms with Crippen LogP contribution in [0.15, 0.2) is 36.4 Å². The first kappa shape index (κ1) is 13.4. The molecule has 0 atom stereocenters. The average Bonchev–Trinajstić information content (AvgIpc) is 2.37. The van der Waals surface area contributed by atoms with Crippen LogP contribution < -0.4 is 0 Å². The van der Waals surface area contributed by atoms with Gasteiger partial charge in [-0.25, -0.2) is 4.79 Å². The highest BCUT2D eigenvalue weighted by molar-refractivity contribution is 5.81. The fourth-order valence-electron chi connectivity index (χ4n) is 1.18. The van der Waals surface area contributed by atoms with Crippen LogP contribution in [0.5, 0.6) is 0 Å². The molecule has 4 nitrogen and oxygen atoms in total. The third-order valence-electron chi connectivity index (χ3n) is 2.10. The monoisotopic (exact) mass is 236 g/mol. The smallest absolute Gasteiger partial charge is 0.330 e. The van der Waals surface area contributed by atoms with Crippen LogP contribution >= 0.6 is 0 Å². The number of rotatable bonds is 6. The molecule has 0 aromatic heterocycles. The molecular weight excluding hydrogens is 220 g/mol. The van der Waals surface area contributed by atoms with Crippen molar-refractivity contribution in [2.45, 2.75) is 13.2 Å². The second-order valence-electron chi connectivity index (χ2n) is 3.44. The largest absolute Gasteiger partial charge is 0.458 e. The number of esters is 1. The SMILES string of the molecule is COC/C=C/C(=O)OCc1ccc(CO)cc1. The van der Waals surface area contributed by atoms with Crippen molar-refractivity contribution in [1.29, 1.82) is 0 Å². The second-order valence-corrected chi connectivity index (χ2v) is 3.44. The zero-order valence-corrected chi connectivity index (χ0v) is 9.76. The first-order valence-corrected chi connectivity index (χ1v) is 5.27. The number of aliphatic hydroxyl groups excluding tert-OH is 1. The predicted molar refractivity (Wildman–Crippen MR) is 63.2 cm³/mol. The Bertz CT molecular complexity index is 368. The van der Waals surface area contributed by atoms with Crippen molar-refractivity contribution < 1.29 is 19.4 Å². The molecule has 0 heterocycles. The van der Waals surface area contributed by atoms with E-state index in [0.29, 0.717) is 6.61 Å². The van der Waals surface area contributed by atoms with E-state index in [9.17, 15) is 4.79 Å². The molecule has 0 radical (unpaired) electrons. The molecule has 1 rings (SSSR count). The zero-order valence-electron chi connectivity index (χ0n) is 9.76. The molecular formula is C13H16O4. The van der Waals surface area contributed by atoms with Gasteiger partial charge in [-0.1, -0.05) is 30.3 Å². The Morgan fingerprint density at radius 1 is 1.29 bits per heavy atom. The van der Waals surface area contributed by atoms with Gasteiger partial charge < -0.3 is 14.6 Å². The molecule has 0 unspecified atom stereocenters. The maximum absolute atomic E-state index is 11.2. The van der Waals surface area contributed by atoms with Gasteiger partial charge >= 0.3 is 5.97 Å². The Balaban J connectivity index is 2.36. The van der Waals surface area contributed by atoms with E-state index in [1.807, 2.05) is 12.1 Å². The van der Waals surface area contributed by atoms with Crippen LogP contribution in [0, 0.1) is 0 Å². The Labute approximate surface area is 100 Å². The minimum atomic E-state index is -0.395. The van der Waals surface area contributed by atoms with Crippen LogP contribution in [0.4, 0.5) is 0 Å². The van der Waals surface area contributed by atoms with E-state index in [2.05, 4.69) is 0 Å². The topological polar surface area (TPSA) is 55.8 Å². The molecule has 17 heavy (non-hydrogen) atoms. The summed E-state index contributed by atoms with van der Waals surface area (Å²) in [5.41, 5.74) is 1.72. The summed E-state index contributed by atoms with van der Waals surface area (Å²) in [6.07, 6.45) is 2.93. The van der Waals surface area contributed by atoms with Gasteiger partial charge in [0.25, 0.3) is 0 Å². The molecule has 0 amide bonds. The average molecular weight is 236 g/mol. The van der Waals surface area contributed by atoms with Crippen LogP contribution in [0.2, 0.25) is 0 Å². The van der Waals surface area contributed by atoms with Crippen molar-refractivity contribution in [2.75, 3.05) is 13.7 Å². The molecule has 0 aliphatic rings. The lowest BCUT2D eigenvalue weighted by molar-refractivity contribution is -0.139. The summed E-state index contributed by atoms with van der Waals surface area (Å²) >= 11 is 0. The van der Waals surface area contributed by atoms with Crippen molar-refractivity contribution in [3.63, 3.8) is 0 Å². The van der Waals surface area contributed by atoms with Crippen LogP contribution in [0.25, 0.3) is 0 Å². The molecule has 1 aromatic rings. The number of carbonyl (C=O) groups is 1. The van der Waals surface area contributed by atoms with Gasteiger partial charge in [-0.15, -0.1) is 0 Å². The highest BCUT2D eigenvalue weighted by Crippen LogP contribution is 2.05. The van der Waals surface area contributed by atoms with E-state index in [0.717, 1.165) is 11.1 Å². The highest BCUT2D eigenvalue weighted by Gasteiger charge is 1.98. The zero-order chi connectivity index (χ0) is 12.5. The van der Waals surface area contributed by atoms with Crippen molar-refractivity contribution in [2.24, 2.45) is 0 Å². The van der Waals surface area contributed by atoms with Gasteiger partial charge in [0.1, 0.15) is 6.61 Å². The quantitative estimate of drug-likeness (QED) is 0.599. The highest BCUT2D eigenvalue weighted by atomic mass is 16.5. The van der Waals surface area contributed by atoms with Gasteiger partial charge in [-0.05, 0) is 11.1 Å². The van der Waals surface area contributed by atoms with Gasteiger partial charge in [-0.3, -0.25) is 0 Å². The molecule has 0 saturated carbocycles. The summed E-state index contributed by atoms with van der Waals surface area (Å²) in [5, 5.41) is 8.86. The van der Waals surface area contributed by atoms with E-state index < -0.39 is 5.97 Å². The lowest BCUT2D eigenvalue weighted by atomic mass is 10.1. The number of hydrogen-bond donors (Lipinski definition) is 1. The number of carbonyl (C=O) groups excluding carboxylic acids is 1. The summed E-state index contributed by atoms with van der Waals surface area (Å²) in [4.78, 5) is 11.2. The van der Waals surface area contributed by atoms with Crippen molar-refractivity contribution in [1.82, 2.24) is 0 Å². The Morgan fingerprint density at radius 3 is 2.53 bits per heavy atom. The standard InChI is InChI=1S/C13H16O4/c1-16-8-2-3-13(15)17-10-12-6-4-11(9-14)5-7-12/h2-7,14H,8-10H2,1H3/b3-2+. The van der Waals surface area contributed by atoms with Crippen molar-refractivity contribution >= 4 is 5.97 Å². The molecule has 1 N–H and O–H groups in total. The van der Waals surface area contributed by atoms with Crippen LogP contribution in [-0.2, 0) is 27.5 Å². The van der Waals surface area contributed by atoms with Crippen LogP contribution in [0.3, 0.4) is 0 Å². The van der Waals surface area contributed by atoms with Gasteiger partial charge in [0.2, 0.25) is 0 Å². The van der Waals surface area contributed by atoms with Gasteiger partial charge in [-0.2, -0.15) is 0 Å². The lowest BCUT2D eigenvalue weighted by Gasteiger charge is -2.03. The Morgan fingerprint density at radius 2 is 1.94 bits per heavy atom. The number of benzene rings is 1. The van der Waals surface area contributed by atoms with E-state index in [1.165, 1.54) is 6.08 Å². The maximum atomic E-state index is 11.2. The Kier molecular flexibility index (Phi) is 5.99. The lowest BCUT2D eigenvalue weighted by Crippen LogP contribution is -2.01. The minimum Gasteiger partial charge on any atom is -0.458 e. The van der Waals surface area contributed by atoms with Crippen LogP contribution in [-0.4, -0.2) is 24.8 Å². The molecule has 0 saturated heterocycles. The van der Waals surface area contributed by atoms with E-state index in [1.54, 1.807) is 25.3 Å². The summed E-state index contributed by atoms with van der Waals surface area (Å²) in [5.74, 6) is -0.395. The first-order chi connectivity index (χ1) is 8.26. The molecule has 92 valence electrons. The number of methoxy groups -OCH3 is 1. The predicted octanol–water partition coefficient (Wildman–Crippen LogP) is 1.42. The number of hydrogen-bond acceptors (Lipinski definition) is 4. The summed E-state index contributed by atoms with van der Waals surface area (Å²) < 4.78 is 9.77. The molecule has 0 aliphatic heterocycles. The molecule has 0 fully saturated rings. The van der Waals surface area contributed by atoms with Gasteiger partial charge in [0, 0.05) is 13.2 Å². The third kappa shape index (κ3) is 5.29. The molecule has 0 bridgehead atoms. The second kappa shape index (κ2) is 7.60. The normalized spacial score (nSPS) is 10.7.